The molecule has 1 saturated heterocycles. The fraction of sp³-hybridized carbons (Fsp3) is 0.421. The number of nitrogens with two attached hydrogens (primary N) is 1. The van der Waals surface area contributed by atoms with Crippen LogP contribution in [0.4, 0.5) is 19.1 Å². The Morgan fingerprint density at radius 2 is 1.68 bits per heavy atom. The van der Waals surface area contributed by atoms with Crippen LogP contribution >= 0.6 is 0 Å². The summed E-state index contributed by atoms with van der Waals surface area (Å²) in [5, 5.41) is 0. The monoisotopic (exact) mass is 393 g/mol. The number of primary amides is 1. The average Bonchev–Trinajstić information content (AvgIpc) is 2.67. The van der Waals surface area contributed by atoms with Gasteiger partial charge < -0.3 is 10.6 Å². The lowest BCUT2D eigenvalue weighted by atomic mass is 10.1. The predicted octanol–water partition coefficient (Wildman–Crippen LogP) is 2.79. The number of aromatic nitrogens is 2. The van der Waals surface area contributed by atoms with E-state index in [1.165, 1.54) is 18.2 Å². The molecular weight excluding hydrogens is 371 g/mol. The average molecular weight is 393 g/mol. The van der Waals surface area contributed by atoms with E-state index >= 15 is 0 Å². The number of benzene rings is 1. The van der Waals surface area contributed by atoms with E-state index in [-0.39, 0.29) is 5.69 Å². The number of rotatable bonds is 4. The molecule has 28 heavy (non-hydrogen) atoms. The smallest absolute Gasteiger partial charge is 0.364 e. The Kier molecular flexibility index (Phi) is 5.55. The number of carbonyl (C=O) groups excluding carboxylic acids is 1. The van der Waals surface area contributed by atoms with Crippen molar-refractivity contribution in [2.75, 3.05) is 31.1 Å². The molecule has 6 nitrogen and oxygen atoms in total. The van der Waals surface area contributed by atoms with E-state index in [0.717, 1.165) is 25.2 Å². The number of nitrogens with zero attached hydrogens (tertiary/aromatic N) is 4. The minimum absolute atomic E-state index is 0.0335. The van der Waals surface area contributed by atoms with Gasteiger partial charge in [-0.15, -0.1) is 0 Å². The molecule has 1 amide bonds. The maximum absolute atomic E-state index is 12.8. The predicted molar refractivity (Wildman–Crippen MR) is 99.9 cm³/mol. The van der Waals surface area contributed by atoms with Crippen LogP contribution in [0.25, 0.3) is 11.3 Å². The van der Waals surface area contributed by atoms with Gasteiger partial charge in [0.15, 0.2) is 0 Å². The van der Waals surface area contributed by atoms with Gasteiger partial charge in [-0.1, -0.05) is 12.1 Å². The molecule has 0 saturated carbocycles. The third-order valence-electron chi connectivity index (χ3n) is 4.80. The molecule has 2 heterocycles. The molecule has 9 heteroatoms. The van der Waals surface area contributed by atoms with Gasteiger partial charge >= 0.3 is 6.18 Å². The zero-order chi connectivity index (χ0) is 20.5. The third-order valence-corrected chi connectivity index (χ3v) is 4.80. The largest absolute Gasteiger partial charge is 0.416 e. The standard InChI is InChI=1S/C19H22F3N5O/c1-12(2)26-7-9-27(10-8-26)18-24-15(11-16(25-18)17(23)28)13-3-5-14(6-4-13)19(20,21)22/h3-6,11-12H,7-10H2,1-2H3,(H2,23,28). The molecule has 0 unspecified atom stereocenters. The first-order chi connectivity index (χ1) is 13.1. The molecule has 1 aromatic heterocycles. The number of hydrogen-bond acceptors (Lipinski definition) is 5. The zero-order valence-electron chi connectivity index (χ0n) is 15.7. The fourth-order valence-corrected chi connectivity index (χ4v) is 3.12. The van der Waals surface area contributed by atoms with Crippen LogP contribution in [0.15, 0.2) is 30.3 Å². The first kappa shape index (κ1) is 20.1. The quantitative estimate of drug-likeness (QED) is 0.865. The second-order valence-electron chi connectivity index (χ2n) is 6.99. The molecule has 0 aliphatic carbocycles. The molecule has 2 N–H and O–H groups in total. The summed E-state index contributed by atoms with van der Waals surface area (Å²) >= 11 is 0. The van der Waals surface area contributed by atoms with Crippen molar-refractivity contribution < 1.29 is 18.0 Å². The summed E-state index contributed by atoms with van der Waals surface area (Å²) in [6.45, 7) is 7.29. The van der Waals surface area contributed by atoms with Gasteiger partial charge in [0, 0.05) is 37.8 Å². The Morgan fingerprint density at radius 1 is 1.07 bits per heavy atom. The first-order valence-electron chi connectivity index (χ1n) is 9.00. The van der Waals surface area contributed by atoms with Gasteiger partial charge in [-0.3, -0.25) is 9.69 Å². The maximum Gasteiger partial charge on any atom is 0.416 e. The van der Waals surface area contributed by atoms with E-state index < -0.39 is 17.6 Å². The van der Waals surface area contributed by atoms with E-state index in [2.05, 4.69) is 28.7 Å². The second kappa shape index (κ2) is 7.75. The molecule has 1 aromatic carbocycles. The Hall–Kier alpha value is -2.68. The molecule has 2 aromatic rings. The van der Waals surface area contributed by atoms with Crippen molar-refractivity contribution in [1.82, 2.24) is 14.9 Å². The minimum Gasteiger partial charge on any atom is -0.364 e. The van der Waals surface area contributed by atoms with Crippen LogP contribution in [0, 0.1) is 0 Å². The van der Waals surface area contributed by atoms with Gasteiger partial charge in [0.25, 0.3) is 5.91 Å². The van der Waals surface area contributed by atoms with Crippen LogP contribution in [0.3, 0.4) is 0 Å². The molecule has 0 bridgehead atoms. The third kappa shape index (κ3) is 4.41. The molecule has 0 spiro atoms. The van der Waals surface area contributed by atoms with Gasteiger partial charge in [0.2, 0.25) is 5.95 Å². The summed E-state index contributed by atoms with van der Waals surface area (Å²) in [4.78, 5) is 24.7. The molecule has 1 fully saturated rings. The lowest BCUT2D eigenvalue weighted by molar-refractivity contribution is -0.137. The van der Waals surface area contributed by atoms with E-state index in [4.69, 9.17) is 5.73 Å². The van der Waals surface area contributed by atoms with Crippen LogP contribution in [-0.2, 0) is 6.18 Å². The SMILES string of the molecule is CC(C)N1CCN(c2nc(C(N)=O)cc(-c3ccc(C(F)(F)F)cc3)n2)CC1. The highest BCUT2D eigenvalue weighted by Crippen LogP contribution is 2.31. The minimum atomic E-state index is -4.41. The Balaban J connectivity index is 1.91. The number of halogens is 3. The van der Waals surface area contributed by atoms with Gasteiger partial charge in [-0.05, 0) is 32.0 Å². The highest BCUT2D eigenvalue weighted by atomic mass is 19.4. The second-order valence-corrected chi connectivity index (χ2v) is 6.99. The van der Waals surface area contributed by atoms with Crippen LogP contribution in [0.1, 0.15) is 29.9 Å². The molecule has 0 radical (unpaired) electrons. The Morgan fingerprint density at radius 3 is 2.18 bits per heavy atom. The lowest BCUT2D eigenvalue weighted by Crippen LogP contribution is -2.49. The van der Waals surface area contributed by atoms with Crippen molar-refractivity contribution >= 4 is 11.9 Å². The van der Waals surface area contributed by atoms with Crippen LogP contribution in [0.2, 0.25) is 0 Å². The first-order valence-corrected chi connectivity index (χ1v) is 9.00. The topological polar surface area (TPSA) is 75.3 Å². The molecule has 1 aliphatic rings. The number of amides is 1. The summed E-state index contributed by atoms with van der Waals surface area (Å²) in [5.41, 5.74) is 5.50. The number of carbonyl (C=O) groups is 1. The summed E-state index contributed by atoms with van der Waals surface area (Å²) in [5.74, 6) is -0.354. The van der Waals surface area contributed by atoms with Gasteiger partial charge in [-0.25, -0.2) is 9.97 Å². The van der Waals surface area contributed by atoms with Crippen molar-refractivity contribution in [3.8, 4) is 11.3 Å². The number of anilines is 1. The van der Waals surface area contributed by atoms with E-state index in [1.54, 1.807) is 0 Å². The van der Waals surface area contributed by atoms with Crippen LogP contribution in [0.5, 0.6) is 0 Å². The number of piperazine rings is 1. The zero-order valence-corrected chi connectivity index (χ0v) is 15.7. The van der Waals surface area contributed by atoms with Crippen molar-refractivity contribution in [3.05, 3.63) is 41.6 Å². The van der Waals surface area contributed by atoms with Crippen molar-refractivity contribution in [2.24, 2.45) is 5.73 Å². The van der Waals surface area contributed by atoms with E-state index in [0.29, 0.717) is 36.3 Å². The molecule has 1 aliphatic heterocycles. The number of hydrogen-bond donors (Lipinski definition) is 1. The van der Waals surface area contributed by atoms with Crippen molar-refractivity contribution in [3.63, 3.8) is 0 Å². The molecule has 3 rings (SSSR count). The van der Waals surface area contributed by atoms with Crippen LogP contribution < -0.4 is 10.6 Å². The maximum atomic E-state index is 12.8. The van der Waals surface area contributed by atoms with E-state index in [1.807, 2.05) is 4.90 Å². The van der Waals surface area contributed by atoms with Gasteiger partial charge in [0.1, 0.15) is 5.69 Å². The van der Waals surface area contributed by atoms with Gasteiger partial charge in [0.05, 0.1) is 11.3 Å². The summed E-state index contributed by atoms with van der Waals surface area (Å²) in [7, 11) is 0. The summed E-state index contributed by atoms with van der Waals surface area (Å²) < 4.78 is 38.4. The Bertz CT molecular complexity index is 844. The molecular formula is C19H22F3N5O. The fourth-order valence-electron chi connectivity index (χ4n) is 3.12. The summed E-state index contributed by atoms with van der Waals surface area (Å²) in [6, 6.07) is 6.47. The van der Waals surface area contributed by atoms with Crippen molar-refractivity contribution in [2.45, 2.75) is 26.1 Å². The number of alkyl halides is 3. The normalized spacial score (nSPS) is 15.9. The molecule has 150 valence electrons. The Labute approximate surface area is 161 Å². The summed E-state index contributed by atoms with van der Waals surface area (Å²) in [6.07, 6.45) is -4.41. The van der Waals surface area contributed by atoms with Crippen LogP contribution in [-0.4, -0.2) is 53.0 Å². The van der Waals surface area contributed by atoms with Gasteiger partial charge in [-0.2, -0.15) is 13.2 Å². The van der Waals surface area contributed by atoms with Crippen molar-refractivity contribution in [1.29, 1.82) is 0 Å². The highest BCUT2D eigenvalue weighted by molar-refractivity contribution is 5.92. The lowest BCUT2D eigenvalue weighted by Gasteiger charge is -2.37. The highest BCUT2D eigenvalue weighted by Gasteiger charge is 2.30. The molecule has 0 atom stereocenters. The van der Waals surface area contributed by atoms with E-state index in [9.17, 15) is 18.0 Å².